The molecule has 1 saturated heterocycles. The Kier molecular flexibility index (Phi) is 8.66. The minimum absolute atomic E-state index is 0.136. The number of nitrogens with zero attached hydrogens (tertiary/aromatic N) is 3. The van der Waals surface area contributed by atoms with E-state index in [0.29, 0.717) is 22.8 Å². The van der Waals surface area contributed by atoms with Crippen LogP contribution in [0.2, 0.25) is 5.02 Å². The van der Waals surface area contributed by atoms with Crippen LogP contribution in [-0.4, -0.2) is 64.2 Å². The fourth-order valence-electron chi connectivity index (χ4n) is 4.68. The molecule has 0 aliphatic carbocycles. The molecule has 8 heteroatoms. The van der Waals surface area contributed by atoms with Crippen molar-refractivity contribution in [3.63, 3.8) is 0 Å². The van der Waals surface area contributed by atoms with E-state index in [9.17, 15) is 10.2 Å². The largest absolute Gasteiger partial charge is 0.497 e. The predicted molar refractivity (Wildman–Crippen MR) is 138 cm³/mol. The molecule has 1 aliphatic heterocycles. The normalized spacial score (nSPS) is 17.1. The quantitative estimate of drug-likeness (QED) is 0.379. The third-order valence-electron chi connectivity index (χ3n) is 6.91. The summed E-state index contributed by atoms with van der Waals surface area (Å²) in [6.07, 6.45) is 7.68. The average Bonchev–Trinajstić information content (AvgIpc) is 2.88. The number of thioether (sulfide) groups is 1. The summed E-state index contributed by atoms with van der Waals surface area (Å²) in [4.78, 5) is 12.2. The van der Waals surface area contributed by atoms with Crippen LogP contribution in [0.1, 0.15) is 37.4 Å². The molecule has 0 bridgehead atoms. The number of fused-ring (bicyclic) bond motifs is 1. The molecular formula is C26H32ClN3O3S. The van der Waals surface area contributed by atoms with Gasteiger partial charge in [0.25, 0.3) is 0 Å². The number of piperidine rings is 1. The van der Waals surface area contributed by atoms with Crippen LogP contribution in [0.15, 0.2) is 53.8 Å². The van der Waals surface area contributed by atoms with Crippen LogP contribution in [-0.2, 0) is 0 Å². The summed E-state index contributed by atoms with van der Waals surface area (Å²) < 4.78 is 5.35. The van der Waals surface area contributed by atoms with Crippen molar-refractivity contribution in [3.8, 4) is 5.75 Å². The Hall–Kier alpha value is -1.90. The first-order chi connectivity index (χ1) is 16.5. The molecule has 0 unspecified atom stereocenters. The van der Waals surface area contributed by atoms with Gasteiger partial charge in [0, 0.05) is 53.3 Å². The van der Waals surface area contributed by atoms with Gasteiger partial charge in [-0.05, 0) is 74.5 Å². The molecule has 34 heavy (non-hydrogen) atoms. The van der Waals surface area contributed by atoms with Crippen LogP contribution < -0.4 is 4.74 Å². The Morgan fingerprint density at radius 3 is 2.76 bits per heavy atom. The monoisotopic (exact) mass is 501 g/mol. The fourth-order valence-corrected chi connectivity index (χ4v) is 5.86. The van der Waals surface area contributed by atoms with Gasteiger partial charge in [0.2, 0.25) is 0 Å². The van der Waals surface area contributed by atoms with E-state index in [-0.39, 0.29) is 12.0 Å². The first-order valence-electron chi connectivity index (χ1n) is 11.7. The van der Waals surface area contributed by atoms with Gasteiger partial charge in [-0.1, -0.05) is 11.6 Å². The molecule has 2 aromatic heterocycles. The molecule has 0 spiro atoms. The van der Waals surface area contributed by atoms with E-state index in [0.717, 1.165) is 55.6 Å². The van der Waals surface area contributed by atoms with E-state index in [1.165, 1.54) is 4.90 Å². The molecule has 182 valence electrons. The lowest BCUT2D eigenvalue weighted by atomic mass is 9.74. The molecule has 6 nitrogen and oxygen atoms in total. The zero-order chi connectivity index (χ0) is 24.0. The van der Waals surface area contributed by atoms with Gasteiger partial charge < -0.3 is 19.8 Å². The average molecular weight is 502 g/mol. The fraction of sp³-hybridized carbons (Fsp3) is 0.462. The van der Waals surface area contributed by atoms with Crippen LogP contribution in [0.5, 0.6) is 5.75 Å². The third-order valence-corrected chi connectivity index (χ3v) is 8.17. The zero-order valence-electron chi connectivity index (χ0n) is 19.5. The molecule has 1 fully saturated rings. The molecule has 0 radical (unpaired) electrons. The number of benzene rings is 1. The molecule has 0 amide bonds. The lowest BCUT2D eigenvalue weighted by molar-refractivity contribution is 0.0254. The molecule has 0 saturated carbocycles. The van der Waals surface area contributed by atoms with Crippen LogP contribution in [0.3, 0.4) is 0 Å². The summed E-state index contributed by atoms with van der Waals surface area (Å²) >= 11 is 8.29. The molecule has 3 heterocycles. The summed E-state index contributed by atoms with van der Waals surface area (Å²) in [5, 5.41) is 22.6. The molecule has 1 aromatic carbocycles. The van der Waals surface area contributed by atoms with E-state index in [1.54, 1.807) is 19.5 Å². The number of pyridine rings is 2. The van der Waals surface area contributed by atoms with E-state index in [4.69, 9.17) is 16.3 Å². The maximum atomic E-state index is 11.1. The van der Waals surface area contributed by atoms with Crippen molar-refractivity contribution < 1.29 is 14.9 Å². The Balaban J connectivity index is 1.34. The minimum Gasteiger partial charge on any atom is -0.497 e. The summed E-state index contributed by atoms with van der Waals surface area (Å²) in [5.74, 6) is 1.72. The number of aromatic nitrogens is 2. The maximum Gasteiger partial charge on any atom is 0.119 e. The van der Waals surface area contributed by atoms with Crippen molar-refractivity contribution in [3.05, 3.63) is 59.5 Å². The molecule has 1 aliphatic rings. The van der Waals surface area contributed by atoms with E-state index in [2.05, 4.69) is 20.9 Å². The van der Waals surface area contributed by atoms with Crippen LogP contribution in [0.25, 0.3) is 10.9 Å². The Morgan fingerprint density at radius 1 is 1.24 bits per heavy atom. The molecule has 2 N–H and O–H groups in total. The number of aliphatic hydroxyl groups excluding tert-OH is 2. The van der Waals surface area contributed by atoms with E-state index >= 15 is 0 Å². The molecule has 3 aromatic rings. The molecular weight excluding hydrogens is 470 g/mol. The predicted octanol–water partition coefficient (Wildman–Crippen LogP) is 4.97. The number of ether oxygens (including phenoxy) is 1. The first-order valence-corrected chi connectivity index (χ1v) is 13.1. The third kappa shape index (κ3) is 6.01. The second-order valence-corrected chi connectivity index (χ2v) is 10.6. The van der Waals surface area contributed by atoms with Gasteiger partial charge in [-0.3, -0.25) is 9.97 Å². The number of hydrogen-bond acceptors (Lipinski definition) is 7. The number of rotatable bonds is 10. The molecule has 4 rings (SSSR count). The van der Waals surface area contributed by atoms with Crippen molar-refractivity contribution in [2.24, 2.45) is 5.41 Å². The van der Waals surface area contributed by atoms with Gasteiger partial charge in [0.1, 0.15) is 5.75 Å². The van der Waals surface area contributed by atoms with Crippen molar-refractivity contribution in [1.29, 1.82) is 0 Å². The number of hydrogen-bond donors (Lipinski definition) is 2. The van der Waals surface area contributed by atoms with E-state index < -0.39 is 6.10 Å². The summed E-state index contributed by atoms with van der Waals surface area (Å²) in [7, 11) is 1.62. The van der Waals surface area contributed by atoms with Gasteiger partial charge in [-0.15, -0.1) is 11.8 Å². The van der Waals surface area contributed by atoms with Gasteiger partial charge >= 0.3 is 0 Å². The van der Waals surface area contributed by atoms with Crippen LogP contribution in [0, 0.1) is 5.41 Å². The highest BCUT2D eigenvalue weighted by molar-refractivity contribution is 7.99. The number of methoxy groups -OCH3 is 1. The van der Waals surface area contributed by atoms with Crippen LogP contribution >= 0.6 is 23.4 Å². The van der Waals surface area contributed by atoms with Crippen molar-refractivity contribution in [1.82, 2.24) is 14.9 Å². The van der Waals surface area contributed by atoms with E-state index in [1.807, 2.05) is 42.2 Å². The van der Waals surface area contributed by atoms with Crippen molar-refractivity contribution >= 4 is 34.3 Å². The highest BCUT2D eigenvalue weighted by Gasteiger charge is 2.34. The van der Waals surface area contributed by atoms with Gasteiger partial charge in [0.05, 0.1) is 23.8 Å². The second-order valence-electron chi connectivity index (χ2n) is 8.99. The zero-order valence-corrected chi connectivity index (χ0v) is 21.1. The Bertz CT molecular complexity index is 1080. The van der Waals surface area contributed by atoms with Gasteiger partial charge in [-0.2, -0.15) is 0 Å². The van der Waals surface area contributed by atoms with Gasteiger partial charge in [0.15, 0.2) is 0 Å². The maximum absolute atomic E-state index is 11.1. The lowest BCUT2D eigenvalue weighted by Gasteiger charge is -2.41. The summed E-state index contributed by atoms with van der Waals surface area (Å²) in [6, 6.07) is 9.65. The smallest absolute Gasteiger partial charge is 0.119 e. The second kappa shape index (κ2) is 11.7. The van der Waals surface area contributed by atoms with Crippen molar-refractivity contribution in [2.45, 2.75) is 36.7 Å². The lowest BCUT2D eigenvalue weighted by Crippen LogP contribution is -2.43. The summed E-state index contributed by atoms with van der Waals surface area (Å²) in [6.45, 7) is 3.07. The standard InChI is InChI=1S/C26H32ClN3O3S/c1-33-19-4-5-23-21(15-19)25(22(27)17-29-23)24(32)6-7-26(18-31)8-11-30(12-9-26)13-14-34-20-3-2-10-28-16-20/h2-5,10,15-17,24,31-32H,6-9,11-14,18H2,1H3/t24-/m1/s1. The number of likely N-dealkylation sites (tertiary alicyclic amines) is 1. The van der Waals surface area contributed by atoms with Crippen molar-refractivity contribution in [2.75, 3.05) is 39.1 Å². The highest BCUT2D eigenvalue weighted by Crippen LogP contribution is 2.40. The molecule has 1 atom stereocenters. The Morgan fingerprint density at radius 2 is 2.06 bits per heavy atom. The highest BCUT2D eigenvalue weighted by atomic mass is 35.5. The van der Waals surface area contributed by atoms with Crippen LogP contribution in [0.4, 0.5) is 0 Å². The number of aliphatic hydroxyl groups is 2. The van der Waals surface area contributed by atoms with Gasteiger partial charge in [-0.25, -0.2) is 0 Å². The SMILES string of the molecule is COc1ccc2ncc(Cl)c([C@H](O)CCC3(CO)CCN(CCSc4cccnc4)CC3)c2c1. The minimum atomic E-state index is -0.734. The first kappa shape index (κ1) is 25.2. The Labute approximate surface area is 210 Å². The summed E-state index contributed by atoms with van der Waals surface area (Å²) in [5.41, 5.74) is 1.29. The topological polar surface area (TPSA) is 78.7 Å². The number of halogens is 1.